The first-order valence-corrected chi connectivity index (χ1v) is 9.86. The van der Waals surface area contributed by atoms with Crippen LogP contribution in [0.1, 0.15) is 23.6 Å². The SMILES string of the molecule is COc1cc(F)c([C@H]2CC(=O)N(c3c(C)ncn(CC(F)P)c3=O)C2)c(P)c1. The number of aromatic nitrogens is 2. The highest BCUT2D eigenvalue weighted by Gasteiger charge is 2.36. The molecule has 28 heavy (non-hydrogen) atoms. The normalized spacial score (nSPS) is 17.9. The lowest BCUT2D eigenvalue weighted by Gasteiger charge is -2.20. The molecule has 6 nitrogen and oxygen atoms in total. The molecule has 3 rings (SSSR count). The zero-order valence-electron chi connectivity index (χ0n) is 15.5. The molecule has 2 aromatic rings. The fourth-order valence-electron chi connectivity index (χ4n) is 3.47. The van der Waals surface area contributed by atoms with Crippen molar-refractivity contribution in [3.05, 3.63) is 45.9 Å². The lowest BCUT2D eigenvalue weighted by Crippen LogP contribution is -2.35. The smallest absolute Gasteiger partial charge is 0.277 e. The minimum atomic E-state index is -1.31. The van der Waals surface area contributed by atoms with Crippen LogP contribution in [0.15, 0.2) is 23.3 Å². The fraction of sp³-hybridized carbons (Fsp3) is 0.389. The van der Waals surface area contributed by atoms with Crippen molar-refractivity contribution < 1.29 is 18.3 Å². The monoisotopic (exact) mass is 427 g/mol. The molecule has 1 amide bonds. The van der Waals surface area contributed by atoms with Gasteiger partial charge < -0.3 is 9.64 Å². The molecule has 1 fully saturated rings. The van der Waals surface area contributed by atoms with Crippen molar-refractivity contribution in [3.63, 3.8) is 0 Å². The van der Waals surface area contributed by atoms with Gasteiger partial charge in [-0.05, 0) is 18.3 Å². The summed E-state index contributed by atoms with van der Waals surface area (Å²) < 4.78 is 34.2. The highest BCUT2D eigenvalue weighted by Crippen LogP contribution is 2.33. The van der Waals surface area contributed by atoms with Gasteiger partial charge in [-0.1, -0.05) is 9.24 Å². The summed E-state index contributed by atoms with van der Waals surface area (Å²) in [6, 6.07) is 2.96. The molecule has 2 heterocycles. The molecule has 1 aromatic heterocycles. The van der Waals surface area contributed by atoms with Gasteiger partial charge in [0.05, 0.1) is 25.7 Å². The van der Waals surface area contributed by atoms with Crippen LogP contribution in [-0.4, -0.2) is 35.0 Å². The second-order valence-electron chi connectivity index (χ2n) is 6.67. The fourth-order valence-corrected chi connectivity index (χ4v) is 4.23. The Morgan fingerprint density at radius 2 is 2.11 bits per heavy atom. The van der Waals surface area contributed by atoms with Crippen LogP contribution in [0.4, 0.5) is 14.5 Å². The number of rotatable bonds is 5. The van der Waals surface area contributed by atoms with Gasteiger partial charge in [0.2, 0.25) is 5.91 Å². The molecule has 0 N–H and O–H groups in total. The number of carbonyl (C=O) groups excluding carboxylic acids is 1. The number of ether oxygens (including phenoxy) is 1. The van der Waals surface area contributed by atoms with Crippen molar-refractivity contribution in [1.29, 1.82) is 0 Å². The number of alkyl halides is 1. The Balaban J connectivity index is 1.98. The second kappa shape index (κ2) is 8.22. The second-order valence-corrected chi connectivity index (χ2v) is 8.01. The molecule has 4 atom stereocenters. The van der Waals surface area contributed by atoms with Gasteiger partial charge >= 0.3 is 0 Å². The molecule has 0 saturated carbocycles. The molecular formula is C18H21F2N3O3P2. The minimum absolute atomic E-state index is 0.0633. The van der Waals surface area contributed by atoms with Crippen molar-refractivity contribution in [3.8, 4) is 5.75 Å². The van der Waals surface area contributed by atoms with E-state index in [1.807, 2.05) is 9.24 Å². The number of nitrogens with zero attached hydrogens (tertiary/aromatic N) is 3. The van der Waals surface area contributed by atoms with Gasteiger partial charge in [0.15, 0.2) is 0 Å². The first kappa shape index (κ1) is 20.8. The Morgan fingerprint density at radius 1 is 1.39 bits per heavy atom. The Bertz CT molecular complexity index is 958. The van der Waals surface area contributed by atoms with Crippen molar-refractivity contribution >= 4 is 35.4 Å². The van der Waals surface area contributed by atoms with Gasteiger partial charge in [-0.25, -0.2) is 13.8 Å². The summed E-state index contributed by atoms with van der Waals surface area (Å²) in [6.07, 6.45) is 1.33. The standard InChI is InChI=1S/C18H21F2N3O3P2/c1-9-17(18(25)22(8-21-9)7-14(20)28)23-6-10(3-15(23)24)16-12(19)4-11(26-2)5-13(16)27/h4-5,8,10,14H,3,6-7,27-28H2,1-2H3/t10-,14?/m0/s1. The molecule has 1 saturated heterocycles. The van der Waals surface area contributed by atoms with Crippen molar-refractivity contribution in [2.45, 2.75) is 31.7 Å². The van der Waals surface area contributed by atoms with Crippen LogP contribution in [0.25, 0.3) is 0 Å². The first-order chi connectivity index (χ1) is 13.2. The zero-order chi connectivity index (χ0) is 20.6. The van der Waals surface area contributed by atoms with E-state index < -0.39 is 23.2 Å². The third-order valence-electron chi connectivity index (χ3n) is 4.74. The van der Waals surface area contributed by atoms with E-state index in [4.69, 9.17) is 4.74 Å². The van der Waals surface area contributed by atoms with Gasteiger partial charge in [-0.2, -0.15) is 0 Å². The number of benzene rings is 1. The van der Waals surface area contributed by atoms with Gasteiger partial charge in [0, 0.05) is 30.5 Å². The molecule has 1 aromatic carbocycles. The predicted molar refractivity (Wildman–Crippen MR) is 110 cm³/mol. The summed E-state index contributed by atoms with van der Waals surface area (Å²) in [5.41, 5.74) is 0.390. The molecule has 0 radical (unpaired) electrons. The first-order valence-electron chi connectivity index (χ1n) is 8.61. The van der Waals surface area contributed by atoms with Gasteiger partial charge in [-0.3, -0.25) is 14.2 Å². The maximum Gasteiger partial charge on any atom is 0.277 e. The van der Waals surface area contributed by atoms with E-state index in [9.17, 15) is 18.4 Å². The molecule has 1 aliphatic rings. The van der Waals surface area contributed by atoms with E-state index in [2.05, 4.69) is 14.2 Å². The summed E-state index contributed by atoms with van der Waals surface area (Å²) in [6.45, 7) is 1.58. The Labute approximate surface area is 165 Å². The van der Waals surface area contributed by atoms with Gasteiger partial charge in [0.25, 0.3) is 5.56 Å². The Kier molecular flexibility index (Phi) is 6.11. The van der Waals surface area contributed by atoms with Gasteiger partial charge in [0.1, 0.15) is 23.2 Å². The Hall–Kier alpha value is -1.91. The van der Waals surface area contributed by atoms with Crippen LogP contribution in [0.5, 0.6) is 5.75 Å². The van der Waals surface area contributed by atoms with Crippen LogP contribution >= 0.6 is 18.5 Å². The topological polar surface area (TPSA) is 64.4 Å². The summed E-state index contributed by atoms with van der Waals surface area (Å²) >= 11 is 0. The average molecular weight is 427 g/mol. The molecule has 0 spiro atoms. The zero-order valence-corrected chi connectivity index (χ0v) is 17.8. The molecule has 0 aliphatic carbocycles. The van der Waals surface area contributed by atoms with Crippen LogP contribution in [-0.2, 0) is 11.3 Å². The van der Waals surface area contributed by atoms with E-state index in [-0.39, 0.29) is 31.1 Å². The number of carbonyl (C=O) groups is 1. The van der Waals surface area contributed by atoms with Crippen molar-refractivity contribution in [2.75, 3.05) is 18.6 Å². The van der Waals surface area contributed by atoms with E-state index in [0.717, 1.165) is 4.57 Å². The third-order valence-corrected chi connectivity index (χ3v) is 5.43. The Morgan fingerprint density at radius 3 is 2.71 bits per heavy atom. The predicted octanol–water partition coefficient (Wildman–Crippen LogP) is 1.89. The molecule has 150 valence electrons. The van der Waals surface area contributed by atoms with Crippen LogP contribution in [0, 0.1) is 12.7 Å². The number of hydrogen-bond donors (Lipinski definition) is 0. The van der Waals surface area contributed by atoms with E-state index in [1.54, 1.807) is 13.0 Å². The average Bonchev–Trinajstić information content (AvgIpc) is 2.97. The highest BCUT2D eigenvalue weighted by atomic mass is 31.0. The lowest BCUT2D eigenvalue weighted by atomic mass is 9.97. The third kappa shape index (κ3) is 3.94. The summed E-state index contributed by atoms with van der Waals surface area (Å²) in [5, 5.41) is 0.597. The van der Waals surface area contributed by atoms with Gasteiger partial charge in [-0.15, -0.1) is 9.24 Å². The van der Waals surface area contributed by atoms with Crippen LogP contribution in [0.3, 0.4) is 0 Å². The number of halogens is 2. The van der Waals surface area contributed by atoms with E-state index in [0.29, 0.717) is 22.3 Å². The van der Waals surface area contributed by atoms with Crippen LogP contribution in [0.2, 0.25) is 0 Å². The summed E-state index contributed by atoms with van der Waals surface area (Å²) in [4.78, 5) is 30.9. The van der Waals surface area contributed by atoms with E-state index in [1.165, 1.54) is 24.4 Å². The summed E-state index contributed by atoms with van der Waals surface area (Å²) in [5.74, 6) is -2.12. The number of aryl methyl sites for hydroxylation is 1. The largest absolute Gasteiger partial charge is 0.497 e. The van der Waals surface area contributed by atoms with Crippen LogP contribution < -0.4 is 20.5 Å². The maximum atomic E-state index is 14.6. The van der Waals surface area contributed by atoms with E-state index >= 15 is 0 Å². The quantitative estimate of drug-likeness (QED) is 0.684. The molecule has 0 bridgehead atoms. The maximum absolute atomic E-state index is 14.6. The van der Waals surface area contributed by atoms with Crippen molar-refractivity contribution in [1.82, 2.24) is 9.55 Å². The minimum Gasteiger partial charge on any atom is -0.497 e. The molecule has 3 unspecified atom stereocenters. The number of hydrogen-bond acceptors (Lipinski definition) is 4. The highest BCUT2D eigenvalue weighted by molar-refractivity contribution is 7.27. The molecule has 1 aliphatic heterocycles. The summed E-state index contributed by atoms with van der Waals surface area (Å²) in [7, 11) is 5.89. The number of amides is 1. The van der Waals surface area contributed by atoms with Crippen molar-refractivity contribution in [2.24, 2.45) is 0 Å². The molecule has 10 heteroatoms. The number of methoxy groups -OCH3 is 1. The molecular weight excluding hydrogens is 406 g/mol. The number of anilines is 1. The lowest BCUT2D eigenvalue weighted by molar-refractivity contribution is -0.117.